The van der Waals surface area contributed by atoms with Gasteiger partial charge in [0.2, 0.25) is 0 Å². The highest BCUT2D eigenvalue weighted by Gasteiger charge is 2.26. The summed E-state index contributed by atoms with van der Waals surface area (Å²) in [6, 6.07) is 10.5. The second-order valence-electron chi connectivity index (χ2n) is 8.68. The first-order valence-corrected chi connectivity index (χ1v) is 11.1. The number of nitrogens with zero attached hydrogens (tertiary/aromatic N) is 4. The van der Waals surface area contributed by atoms with Gasteiger partial charge in [0.25, 0.3) is 0 Å². The van der Waals surface area contributed by atoms with Crippen LogP contribution in [-0.2, 0) is 16.6 Å². The van der Waals surface area contributed by atoms with Crippen LogP contribution in [-0.4, -0.2) is 43.5 Å². The van der Waals surface area contributed by atoms with E-state index in [-0.39, 0.29) is 12.2 Å². The minimum atomic E-state index is -0.752. The van der Waals surface area contributed by atoms with E-state index in [2.05, 4.69) is 27.7 Å². The Bertz CT molecular complexity index is 1250. The predicted molar refractivity (Wildman–Crippen MR) is 126 cm³/mol. The maximum atomic E-state index is 13.8. The molecule has 3 aromatic rings. The van der Waals surface area contributed by atoms with Crippen LogP contribution in [0.1, 0.15) is 46.5 Å². The molecule has 1 saturated heterocycles. The van der Waals surface area contributed by atoms with E-state index < -0.39 is 18.2 Å². The first-order chi connectivity index (χ1) is 16.2. The van der Waals surface area contributed by atoms with Gasteiger partial charge in [0.05, 0.1) is 12.5 Å². The average Bonchev–Trinajstić information content (AvgIpc) is 3.18. The number of carbonyl (C=O) groups is 1. The van der Waals surface area contributed by atoms with E-state index in [0.717, 1.165) is 33.4 Å². The van der Waals surface area contributed by atoms with Crippen LogP contribution in [0.5, 0.6) is 0 Å². The Morgan fingerprint density at radius 2 is 1.85 bits per heavy atom. The zero-order valence-corrected chi connectivity index (χ0v) is 19.6. The Morgan fingerprint density at radius 3 is 2.44 bits per heavy atom. The molecule has 2 heterocycles. The maximum absolute atomic E-state index is 13.8. The lowest BCUT2D eigenvalue weighted by Crippen LogP contribution is -2.31. The fraction of sp³-hybridized carbons (Fsp3) is 0.308. The van der Waals surface area contributed by atoms with E-state index in [0.29, 0.717) is 17.8 Å². The van der Waals surface area contributed by atoms with Crippen molar-refractivity contribution in [2.24, 2.45) is 7.05 Å². The standard InChI is InChI=1S/C26H27FN4O3/c1-15-11-16(2)24(17(3)12-15)25(18-5-7-19(27)8-6-18)22(26-28-29-30-31(26)4)10-9-21-13-20(32)14-23(33)34-21/h5-12,20-21,32H,13-14H2,1-4H3/t20-,21-/m1/s1. The summed E-state index contributed by atoms with van der Waals surface area (Å²) in [6.07, 6.45) is 2.52. The molecule has 0 bridgehead atoms. The topological polar surface area (TPSA) is 90.1 Å². The summed E-state index contributed by atoms with van der Waals surface area (Å²) in [6.45, 7) is 6.12. The number of rotatable bonds is 5. The van der Waals surface area contributed by atoms with Crippen LogP contribution in [0.3, 0.4) is 0 Å². The smallest absolute Gasteiger partial charge is 0.309 e. The van der Waals surface area contributed by atoms with Crippen molar-refractivity contribution >= 4 is 17.1 Å². The lowest BCUT2D eigenvalue weighted by Gasteiger charge is -2.24. The summed E-state index contributed by atoms with van der Waals surface area (Å²) in [5, 5.41) is 22.1. The lowest BCUT2D eigenvalue weighted by molar-refractivity contribution is -0.156. The summed E-state index contributed by atoms with van der Waals surface area (Å²) < 4.78 is 20.8. The second-order valence-corrected chi connectivity index (χ2v) is 8.68. The van der Waals surface area contributed by atoms with Crippen molar-refractivity contribution in [3.05, 3.63) is 88.0 Å². The Labute approximate surface area is 197 Å². The number of hydrogen-bond donors (Lipinski definition) is 1. The highest BCUT2D eigenvalue weighted by Crippen LogP contribution is 2.36. The van der Waals surface area contributed by atoms with Crippen molar-refractivity contribution in [1.82, 2.24) is 20.2 Å². The van der Waals surface area contributed by atoms with Crippen molar-refractivity contribution < 1.29 is 19.0 Å². The number of hydrogen-bond acceptors (Lipinski definition) is 6. The van der Waals surface area contributed by atoms with Crippen molar-refractivity contribution in [3.8, 4) is 0 Å². The molecular formula is C26H27FN4O3. The summed E-state index contributed by atoms with van der Waals surface area (Å²) in [7, 11) is 1.74. The number of aliphatic hydroxyl groups is 1. The molecule has 0 radical (unpaired) electrons. The van der Waals surface area contributed by atoms with E-state index in [1.165, 1.54) is 12.1 Å². The van der Waals surface area contributed by atoms with Crippen LogP contribution < -0.4 is 0 Å². The van der Waals surface area contributed by atoms with E-state index in [1.807, 2.05) is 26.8 Å². The zero-order chi connectivity index (χ0) is 24.4. The molecule has 0 amide bonds. The second kappa shape index (κ2) is 9.69. The molecule has 34 heavy (non-hydrogen) atoms. The molecule has 2 atom stereocenters. The zero-order valence-electron chi connectivity index (χ0n) is 19.6. The van der Waals surface area contributed by atoms with Crippen LogP contribution in [0.15, 0.2) is 48.6 Å². The minimum absolute atomic E-state index is 0.0111. The molecule has 176 valence electrons. The van der Waals surface area contributed by atoms with Gasteiger partial charge >= 0.3 is 5.97 Å². The monoisotopic (exact) mass is 462 g/mol. The molecule has 8 heteroatoms. The molecule has 4 rings (SSSR count). The number of tetrazole rings is 1. The lowest BCUT2D eigenvalue weighted by atomic mass is 9.86. The number of benzene rings is 2. The molecule has 0 unspecified atom stereocenters. The number of allylic oxidation sites excluding steroid dienone is 2. The van der Waals surface area contributed by atoms with E-state index >= 15 is 0 Å². The van der Waals surface area contributed by atoms with Gasteiger partial charge < -0.3 is 9.84 Å². The summed E-state index contributed by atoms with van der Waals surface area (Å²) in [5.41, 5.74) is 6.53. The van der Waals surface area contributed by atoms with Crippen molar-refractivity contribution in [1.29, 1.82) is 0 Å². The van der Waals surface area contributed by atoms with Crippen molar-refractivity contribution in [3.63, 3.8) is 0 Å². The van der Waals surface area contributed by atoms with E-state index in [1.54, 1.807) is 29.9 Å². The largest absolute Gasteiger partial charge is 0.458 e. The first kappa shape index (κ1) is 23.5. The molecule has 1 aromatic heterocycles. The molecular weight excluding hydrogens is 435 g/mol. The molecule has 1 aliphatic heterocycles. The van der Waals surface area contributed by atoms with Gasteiger partial charge in [0.15, 0.2) is 5.82 Å². The Hall–Kier alpha value is -3.65. The van der Waals surface area contributed by atoms with Gasteiger partial charge in [-0.3, -0.25) is 4.79 Å². The Kier molecular flexibility index (Phi) is 6.70. The Balaban J connectivity index is 1.99. The Morgan fingerprint density at radius 1 is 1.18 bits per heavy atom. The maximum Gasteiger partial charge on any atom is 0.309 e. The first-order valence-electron chi connectivity index (χ1n) is 11.1. The van der Waals surface area contributed by atoms with Gasteiger partial charge in [-0.15, -0.1) is 5.10 Å². The minimum Gasteiger partial charge on any atom is -0.458 e. The quantitative estimate of drug-likeness (QED) is 0.458. The number of halogens is 1. The van der Waals surface area contributed by atoms with Gasteiger partial charge in [-0.2, -0.15) is 0 Å². The molecule has 1 fully saturated rings. The normalized spacial score (nSPS) is 19.3. The third kappa shape index (κ3) is 4.97. The number of cyclic esters (lactones) is 1. The predicted octanol–water partition coefficient (Wildman–Crippen LogP) is 3.86. The average molecular weight is 463 g/mol. The highest BCUT2D eigenvalue weighted by atomic mass is 19.1. The third-order valence-electron chi connectivity index (χ3n) is 5.86. The third-order valence-corrected chi connectivity index (χ3v) is 5.86. The number of aromatic nitrogens is 4. The molecule has 2 aromatic carbocycles. The van der Waals surface area contributed by atoms with Crippen LogP contribution in [0.2, 0.25) is 0 Å². The van der Waals surface area contributed by atoms with Crippen LogP contribution >= 0.6 is 0 Å². The highest BCUT2D eigenvalue weighted by molar-refractivity contribution is 6.02. The molecule has 1 aliphatic rings. The number of ether oxygens (including phenoxy) is 1. The van der Waals surface area contributed by atoms with Gasteiger partial charge in [0, 0.05) is 24.6 Å². The summed E-state index contributed by atoms with van der Waals surface area (Å²) in [4.78, 5) is 11.8. The van der Waals surface area contributed by atoms with Gasteiger partial charge in [0.1, 0.15) is 11.9 Å². The molecule has 0 spiro atoms. The van der Waals surface area contributed by atoms with Gasteiger partial charge in [-0.25, -0.2) is 9.07 Å². The fourth-order valence-electron chi connectivity index (χ4n) is 4.48. The SMILES string of the molecule is Cc1cc(C)c(C(=C(C=C[C@@H]2C[C@@H](O)CC(=O)O2)c2nnnn2C)c2ccc(F)cc2)c(C)c1. The van der Waals surface area contributed by atoms with Gasteiger partial charge in [-0.05, 0) is 71.7 Å². The van der Waals surface area contributed by atoms with Crippen LogP contribution in [0.4, 0.5) is 4.39 Å². The van der Waals surface area contributed by atoms with Crippen molar-refractivity contribution in [2.75, 3.05) is 0 Å². The van der Waals surface area contributed by atoms with Crippen LogP contribution in [0, 0.1) is 26.6 Å². The van der Waals surface area contributed by atoms with Crippen LogP contribution in [0.25, 0.3) is 11.1 Å². The van der Waals surface area contributed by atoms with Gasteiger partial charge in [-0.1, -0.05) is 35.9 Å². The number of carbonyl (C=O) groups excluding carboxylic acids is 1. The number of esters is 1. The van der Waals surface area contributed by atoms with Crippen molar-refractivity contribution in [2.45, 2.75) is 45.8 Å². The molecule has 0 aliphatic carbocycles. The summed E-state index contributed by atoms with van der Waals surface area (Å²) in [5.74, 6) is -0.276. The summed E-state index contributed by atoms with van der Waals surface area (Å²) >= 11 is 0. The number of aliphatic hydroxyl groups excluding tert-OH is 1. The van der Waals surface area contributed by atoms with E-state index in [9.17, 15) is 14.3 Å². The molecule has 0 saturated carbocycles. The number of aryl methyl sites for hydroxylation is 4. The fourth-order valence-corrected chi connectivity index (χ4v) is 4.48. The molecule has 1 N–H and O–H groups in total. The van der Waals surface area contributed by atoms with E-state index in [4.69, 9.17) is 4.74 Å². The molecule has 7 nitrogen and oxygen atoms in total.